The molecule has 1 fully saturated rings. The van der Waals surface area contributed by atoms with Crippen LogP contribution in [-0.4, -0.2) is 34.8 Å². The third-order valence-electron chi connectivity index (χ3n) is 4.60. The molecule has 2 aromatic carbocycles. The topological polar surface area (TPSA) is 62.4 Å². The van der Waals surface area contributed by atoms with Crippen LogP contribution in [0, 0.1) is 0 Å². The first-order chi connectivity index (χ1) is 12.2. The number of carbonyl (C=O) groups excluding carboxylic acids is 2. The molecule has 1 aliphatic heterocycles. The van der Waals surface area contributed by atoms with Gasteiger partial charge in [0, 0.05) is 23.6 Å². The standard InChI is InChI=1S/C20H18N2O3/c23-19-12-22(20(24)25-13-14-6-2-1-3-7-14)11-17(19)16-10-21-18-9-5-4-8-15(16)18/h1-10,17,21H,11-13H2/t17-/m0/s1. The van der Waals surface area contributed by atoms with E-state index < -0.39 is 6.09 Å². The molecule has 126 valence electrons. The first-order valence-electron chi connectivity index (χ1n) is 8.27. The number of para-hydroxylation sites is 1. The van der Waals surface area contributed by atoms with Crippen molar-refractivity contribution in [3.05, 3.63) is 71.9 Å². The lowest BCUT2D eigenvalue weighted by Crippen LogP contribution is -2.29. The normalized spacial score (nSPS) is 17.2. The predicted molar refractivity (Wildman–Crippen MR) is 94.2 cm³/mol. The first-order valence-corrected chi connectivity index (χ1v) is 8.27. The minimum atomic E-state index is -0.445. The smallest absolute Gasteiger partial charge is 0.410 e. The molecule has 0 spiro atoms. The molecule has 0 bridgehead atoms. The molecule has 4 rings (SSSR count). The fourth-order valence-electron chi connectivity index (χ4n) is 3.29. The van der Waals surface area contributed by atoms with Crippen molar-refractivity contribution in [3.63, 3.8) is 0 Å². The summed E-state index contributed by atoms with van der Waals surface area (Å²) in [5.41, 5.74) is 2.86. The molecule has 0 unspecified atom stereocenters. The van der Waals surface area contributed by atoms with E-state index in [-0.39, 0.29) is 24.9 Å². The molecule has 3 aromatic rings. The van der Waals surface area contributed by atoms with Gasteiger partial charge in [-0.1, -0.05) is 48.5 Å². The van der Waals surface area contributed by atoms with E-state index in [4.69, 9.17) is 4.74 Å². The molecule has 1 aliphatic rings. The van der Waals surface area contributed by atoms with E-state index >= 15 is 0 Å². The van der Waals surface area contributed by atoms with E-state index in [1.807, 2.05) is 60.8 Å². The summed E-state index contributed by atoms with van der Waals surface area (Å²) < 4.78 is 5.34. The maximum absolute atomic E-state index is 12.4. The second kappa shape index (κ2) is 6.43. The number of Topliss-reactive ketones (excluding diaryl/α,β-unsaturated/α-hetero) is 1. The number of aromatic nitrogens is 1. The van der Waals surface area contributed by atoms with Gasteiger partial charge in [-0.05, 0) is 17.2 Å². The number of benzene rings is 2. The lowest BCUT2D eigenvalue weighted by molar-refractivity contribution is -0.118. The quantitative estimate of drug-likeness (QED) is 0.798. The molecule has 1 saturated heterocycles. The van der Waals surface area contributed by atoms with Crippen LogP contribution in [0.3, 0.4) is 0 Å². The van der Waals surface area contributed by atoms with Crippen LogP contribution in [-0.2, 0) is 16.1 Å². The molecule has 5 nitrogen and oxygen atoms in total. The van der Waals surface area contributed by atoms with Gasteiger partial charge in [-0.15, -0.1) is 0 Å². The number of hydrogen-bond acceptors (Lipinski definition) is 3. The number of carbonyl (C=O) groups is 2. The Morgan fingerprint density at radius 1 is 1.12 bits per heavy atom. The van der Waals surface area contributed by atoms with Crippen molar-refractivity contribution in [2.24, 2.45) is 0 Å². The number of nitrogens with zero attached hydrogens (tertiary/aromatic N) is 1. The van der Waals surface area contributed by atoms with Gasteiger partial charge in [-0.3, -0.25) is 9.69 Å². The van der Waals surface area contributed by atoms with Crippen LogP contribution in [0.25, 0.3) is 10.9 Å². The number of ether oxygens (including phenoxy) is 1. The molecular weight excluding hydrogens is 316 g/mol. The first kappa shape index (κ1) is 15.4. The van der Waals surface area contributed by atoms with Gasteiger partial charge in [0.15, 0.2) is 5.78 Å². The summed E-state index contributed by atoms with van der Waals surface area (Å²) in [5.74, 6) is -0.262. The fourth-order valence-corrected chi connectivity index (χ4v) is 3.29. The number of likely N-dealkylation sites (tertiary alicyclic amines) is 1. The number of ketones is 1. The lowest BCUT2D eigenvalue weighted by Gasteiger charge is -2.15. The van der Waals surface area contributed by atoms with Gasteiger partial charge >= 0.3 is 6.09 Å². The zero-order valence-electron chi connectivity index (χ0n) is 13.6. The Morgan fingerprint density at radius 2 is 1.88 bits per heavy atom. The summed E-state index contributed by atoms with van der Waals surface area (Å²) >= 11 is 0. The Hall–Kier alpha value is -3.08. The monoisotopic (exact) mass is 334 g/mol. The van der Waals surface area contributed by atoms with E-state index in [0.29, 0.717) is 6.54 Å². The van der Waals surface area contributed by atoms with Gasteiger partial charge in [0.1, 0.15) is 6.61 Å². The van der Waals surface area contributed by atoms with Gasteiger partial charge in [-0.25, -0.2) is 4.79 Å². The number of H-pyrrole nitrogens is 1. The highest BCUT2D eigenvalue weighted by Gasteiger charge is 2.36. The molecule has 1 N–H and O–H groups in total. The SMILES string of the molecule is O=C1CN(C(=O)OCc2ccccc2)C[C@H]1c1c[nH]c2ccccc12. The summed E-state index contributed by atoms with van der Waals surface area (Å²) in [6.45, 7) is 0.661. The van der Waals surface area contributed by atoms with Crippen molar-refractivity contribution in [1.82, 2.24) is 9.88 Å². The molecular formula is C20H18N2O3. The maximum Gasteiger partial charge on any atom is 0.410 e. The highest BCUT2D eigenvalue weighted by molar-refractivity contribution is 5.97. The van der Waals surface area contributed by atoms with Crippen molar-refractivity contribution in [1.29, 1.82) is 0 Å². The number of fused-ring (bicyclic) bond motifs is 1. The van der Waals surface area contributed by atoms with Crippen LogP contribution in [0.4, 0.5) is 4.79 Å². The molecule has 0 aliphatic carbocycles. The van der Waals surface area contributed by atoms with E-state index in [1.165, 1.54) is 4.90 Å². The summed E-state index contributed by atoms with van der Waals surface area (Å²) in [7, 11) is 0. The zero-order valence-corrected chi connectivity index (χ0v) is 13.6. The molecule has 1 atom stereocenters. The number of aromatic amines is 1. The Kier molecular flexibility index (Phi) is 3.98. The molecule has 1 amide bonds. The van der Waals surface area contributed by atoms with Crippen molar-refractivity contribution in [2.75, 3.05) is 13.1 Å². The van der Waals surface area contributed by atoms with Crippen LogP contribution in [0.2, 0.25) is 0 Å². The number of nitrogens with one attached hydrogen (secondary N) is 1. The van der Waals surface area contributed by atoms with Crippen molar-refractivity contribution >= 4 is 22.8 Å². The van der Waals surface area contributed by atoms with Crippen LogP contribution < -0.4 is 0 Å². The molecule has 0 radical (unpaired) electrons. The molecule has 1 aromatic heterocycles. The average molecular weight is 334 g/mol. The highest BCUT2D eigenvalue weighted by atomic mass is 16.6. The molecule has 5 heteroatoms. The highest BCUT2D eigenvalue weighted by Crippen LogP contribution is 2.30. The van der Waals surface area contributed by atoms with E-state index in [0.717, 1.165) is 22.0 Å². The van der Waals surface area contributed by atoms with Gasteiger partial charge in [0.05, 0.1) is 12.5 Å². The van der Waals surface area contributed by atoms with Gasteiger partial charge in [0.2, 0.25) is 0 Å². The lowest BCUT2D eigenvalue weighted by atomic mass is 9.97. The van der Waals surface area contributed by atoms with Gasteiger partial charge in [-0.2, -0.15) is 0 Å². The number of rotatable bonds is 3. The molecule has 2 heterocycles. The summed E-state index contributed by atoms with van der Waals surface area (Å²) in [6, 6.07) is 17.4. The third kappa shape index (κ3) is 3.01. The fraction of sp³-hybridized carbons (Fsp3) is 0.200. The second-order valence-corrected chi connectivity index (χ2v) is 6.23. The van der Waals surface area contributed by atoms with Crippen LogP contribution >= 0.6 is 0 Å². The Bertz CT molecular complexity index is 917. The number of amides is 1. The van der Waals surface area contributed by atoms with Crippen molar-refractivity contribution in [2.45, 2.75) is 12.5 Å². The Morgan fingerprint density at radius 3 is 2.72 bits per heavy atom. The zero-order chi connectivity index (χ0) is 17.2. The van der Waals surface area contributed by atoms with Crippen molar-refractivity contribution < 1.29 is 14.3 Å². The van der Waals surface area contributed by atoms with Crippen LogP contribution in [0.15, 0.2) is 60.8 Å². The van der Waals surface area contributed by atoms with Gasteiger partial charge < -0.3 is 9.72 Å². The molecule has 25 heavy (non-hydrogen) atoms. The summed E-state index contributed by atoms with van der Waals surface area (Å²) in [4.78, 5) is 29.4. The van der Waals surface area contributed by atoms with Crippen LogP contribution in [0.5, 0.6) is 0 Å². The average Bonchev–Trinajstić information content (AvgIpc) is 3.24. The molecule has 0 saturated carbocycles. The van der Waals surface area contributed by atoms with Gasteiger partial charge in [0.25, 0.3) is 0 Å². The van der Waals surface area contributed by atoms with Crippen molar-refractivity contribution in [3.8, 4) is 0 Å². The Labute approximate surface area is 145 Å². The van der Waals surface area contributed by atoms with E-state index in [9.17, 15) is 9.59 Å². The number of hydrogen-bond donors (Lipinski definition) is 1. The minimum Gasteiger partial charge on any atom is -0.445 e. The summed E-state index contributed by atoms with van der Waals surface area (Å²) in [6.07, 6.45) is 1.42. The largest absolute Gasteiger partial charge is 0.445 e. The summed E-state index contributed by atoms with van der Waals surface area (Å²) in [5, 5.41) is 1.03. The van der Waals surface area contributed by atoms with E-state index in [1.54, 1.807) is 0 Å². The maximum atomic E-state index is 12.4. The van der Waals surface area contributed by atoms with Crippen LogP contribution in [0.1, 0.15) is 17.0 Å². The van der Waals surface area contributed by atoms with E-state index in [2.05, 4.69) is 4.98 Å². The second-order valence-electron chi connectivity index (χ2n) is 6.23. The Balaban J connectivity index is 1.46. The third-order valence-corrected chi connectivity index (χ3v) is 4.60. The minimum absolute atomic E-state index is 0.0430. The predicted octanol–water partition coefficient (Wildman–Crippen LogP) is 3.47.